The Morgan fingerprint density at radius 2 is 2.30 bits per heavy atom. The Labute approximate surface area is 125 Å². The first-order valence-corrected chi connectivity index (χ1v) is 7.79. The van der Waals surface area contributed by atoms with Gasteiger partial charge in [-0.05, 0) is 43.4 Å². The van der Waals surface area contributed by atoms with Crippen LogP contribution in [0.15, 0.2) is 18.2 Å². The van der Waals surface area contributed by atoms with Gasteiger partial charge in [-0.25, -0.2) is 4.39 Å². The van der Waals surface area contributed by atoms with E-state index in [-0.39, 0.29) is 23.0 Å². The molecule has 0 aromatic heterocycles. The fourth-order valence-corrected chi connectivity index (χ4v) is 3.01. The van der Waals surface area contributed by atoms with Gasteiger partial charge in [-0.3, -0.25) is 0 Å². The van der Waals surface area contributed by atoms with Gasteiger partial charge < -0.3 is 10.1 Å². The van der Waals surface area contributed by atoms with E-state index in [1.54, 1.807) is 6.07 Å². The van der Waals surface area contributed by atoms with E-state index in [1.165, 1.54) is 6.07 Å². The van der Waals surface area contributed by atoms with Gasteiger partial charge in [0.1, 0.15) is 5.82 Å². The molecule has 2 nitrogen and oxygen atoms in total. The molecule has 0 radical (unpaired) electrons. The zero-order chi connectivity index (χ0) is 14.5. The van der Waals surface area contributed by atoms with Crippen LogP contribution in [-0.4, -0.2) is 25.3 Å². The maximum atomic E-state index is 13.6. The van der Waals surface area contributed by atoms with Gasteiger partial charge in [-0.1, -0.05) is 37.6 Å². The molecule has 1 heterocycles. The van der Waals surface area contributed by atoms with Crippen molar-refractivity contribution in [3.63, 3.8) is 0 Å². The van der Waals surface area contributed by atoms with E-state index in [0.717, 1.165) is 31.6 Å². The normalized spacial score (nSPS) is 24.0. The summed E-state index contributed by atoms with van der Waals surface area (Å²) in [6, 6.07) is 5.19. The van der Waals surface area contributed by atoms with Gasteiger partial charge in [-0.15, -0.1) is 0 Å². The van der Waals surface area contributed by atoms with Crippen molar-refractivity contribution in [2.75, 3.05) is 13.2 Å². The van der Waals surface area contributed by atoms with Gasteiger partial charge in [0.15, 0.2) is 0 Å². The molecule has 1 saturated heterocycles. The molecule has 1 aromatic rings. The number of halogens is 2. The second-order valence-corrected chi connectivity index (χ2v) is 5.96. The third-order valence-electron chi connectivity index (χ3n) is 3.97. The van der Waals surface area contributed by atoms with Crippen molar-refractivity contribution in [3.05, 3.63) is 34.6 Å². The number of nitrogens with one attached hydrogen (secondary N) is 1. The van der Waals surface area contributed by atoms with Crippen molar-refractivity contribution in [1.29, 1.82) is 0 Å². The molecule has 1 fully saturated rings. The van der Waals surface area contributed by atoms with E-state index in [0.29, 0.717) is 12.3 Å². The van der Waals surface area contributed by atoms with Gasteiger partial charge in [0.05, 0.1) is 11.1 Å². The zero-order valence-corrected chi connectivity index (χ0v) is 12.9. The second kappa shape index (κ2) is 7.39. The molecule has 0 spiro atoms. The Morgan fingerprint density at radius 1 is 1.50 bits per heavy atom. The maximum absolute atomic E-state index is 13.6. The predicted octanol–water partition coefficient (Wildman–Crippen LogP) is 3.81. The Balaban J connectivity index is 2.12. The molecule has 0 bridgehead atoms. The highest BCUT2D eigenvalue weighted by Crippen LogP contribution is 2.27. The summed E-state index contributed by atoms with van der Waals surface area (Å²) in [5.41, 5.74) is 0.850. The monoisotopic (exact) mass is 299 g/mol. The molecule has 2 rings (SSSR count). The lowest BCUT2D eigenvalue weighted by Gasteiger charge is -2.27. The molecule has 1 aliphatic heterocycles. The molecule has 1 aromatic carbocycles. The first-order valence-electron chi connectivity index (χ1n) is 7.41. The topological polar surface area (TPSA) is 21.3 Å². The minimum absolute atomic E-state index is 0.181. The lowest BCUT2D eigenvalue weighted by molar-refractivity contribution is 0.0610. The molecule has 112 valence electrons. The Kier molecular flexibility index (Phi) is 5.82. The van der Waals surface area contributed by atoms with Gasteiger partial charge in [0, 0.05) is 12.6 Å². The first-order chi connectivity index (χ1) is 9.63. The summed E-state index contributed by atoms with van der Waals surface area (Å²) in [6.07, 6.45) is 3.03. The molecule has 0 aliphatic carbocycles. The lowest BCUT2D eigenvalue weighted by Crippen LogP contribution is -2.44. The number of ether oxygens (including phenoxy) is 1. The number of rotatable bonds is 6. The highest BCUT2D eigenvalue weighted by atomic mass is 35.5. The molecule has 1 aliphatic rings. The Morgan fingerprint density at radius 3 is 2.95 bits per heavy atom. The van der Waals surface area contributed by atoms with Crippen molar-refractivity contribution in [2.24, 2.45) is 5.92 Å². The Bertz CT molecular complexity index is 440. The van der Waals surface area contributed by atoms with Crippen LogP contribution in [0.1, 0.15) is 32.3 Å². The SMILES string of the molecule is CCCNC(Cc1cccc(F)c1Cl)C1OCCC1C. The van der Waals surface area contributed by atoms with Gasteiger partial charge in [0.2, 0.25) is 0 Å². The highest BCUT2D eigenvalue weighted by Gasteiger charge is 2.32. The average molecular weight is 300 g/mol. The van der Waals surface area contributed by atoms with Crippen LogP contribution in [0.5, 0.6) is 0 Å². The van der Waals surface area contributed by atoms with Crippen LogP contribution in [-0.2, 0) is 11.2 Å². The summed E-state index contributed by atoms with van der Waals surface area (Å²) in [7, 11) is 0. The van der Waals surface area contributed by atoms with Crippen LogP contribution in [0.2, 0.25) is 5.02 Å². The van der Waals surface area contributed by atoms with E-state index in [1.807, 2.05) is 6.07 Å². The third-order valence-corrected chi connectivity index (χ3v) is 4.39. The van der Waals surface area contributed by atoms with Crippen LogP contribution >= 0.6 is 11.6 Å². The van der Waals surface area contributed by atoms with Crippen LogP contribution in [0.4, 0.5) is 4.39 Å². The van der Waals surface area contributed by atoms with Crippen molar-refractivity contribution in [1.82, 2.24) is 5.32 Å². The smallest absolute Gasteiger partial charge is 0.142 e. The fraction of sp³-hybridized carbons (Fsp3) is 0.625. The molecule has 1 N–H and O–H groups in total. The summed E-state index contributed by atoms with van der Waals surface area (Å²) in [4.78, 5) is 0. The van der Waals surface area contributed by atoms with Gasteiger partial charge in [-0.2, -0.15) is 0 Å². The summed E-state index contributed by atoms with van der Waals surface area (Å²) < 4.78 is 19.4. The zero-order valence-electron chi connectivity index (χ0n) is 12.2. The largest absolute Gasteiger partial charge is 0.376 e. The van der Waals surface area contributed by atoms with E-state index >= 15 is 0 Å². The molecule has 0 amide bonds. The van der Waals surface area contributed by atoms with E-state index in [2.05, 4.69) is 19.2 Å². The molecular formula is C16H23ClFNO. The number of hydrogen-bond donors (Lipinski definition) is 1. The van der Waals surface area contributed by atoms with Gasteiger partial charge >= 0.3 is 0 Å². The molecule has 4 heteroatoms. The summed E-state index contributed by atoms with van der Waals surface area (Å²) in [6.45, 7) is 6.10. The minimum Gasteiger partial charge on any atom is -0.376 e. The summed E-state index contributed by atoms with van der Waals surface area (Å²) >= 11 is 6.07. The molecule has 3 atom stereocenters. The summed E-state index contributed by atoms with van der Waals surface area (Å²) in [5.74, 6) is 0.176. The van der Waals surface area contributed by atoms with Crippen LogP contribution in [0.3, 0.4) is 0 Å². The molecule has 20 heavy (non-hydrogen) atoms. The van der Waals surface area contributed by atoms with E-state index in [4.69, 9.17) is 16.3 Å². The van der Waals surface area contributed by atoms with Crippen molar-refractivity contribution < 1.29 is 9.13 Å². The van der Waals surface area contributed by atoms with Crippen LogP contribution in [0, 0.1) is 11.7 Å². The van der Waals surface area contributed by atoms with Crippen LogP contribution < -0.4 is 5.32 Å². The summed E-state index contributed by atoms with van der Waals surface area (Å²) in [5, 5.41) is 3.77. The number of benzene rings is 1. The van der Waals surface area contributed by atoms with E-state index in [9.17, 15) is 4.39 Å². The van der Waals surface area contributed by atoms with Gasteiger partial charge in [0.25, 0.3) is 0 Å². The molecular weight excluding hydrogens is 277 g/mol. The standard InChI is InChI=1S/C16H23ClFNO/c1-3-8-19-14(16-11(2)7-9-20-16)10-12-5-4-6-13(18)15(12)17/h4-6,11,14,16,19H,3,7-10H2,1-2H3. The second-order valence-electron chi connectivity index (χ2n) is 5.58. The average Bonchev–Trinajstić information content (AvgIpc) is 2.85. The maximum Gasteiger partial charge on any atom is 0.142 e. The van der Waals surface area contributed by atoms with Crippen molar-refractivity contribution in [3.8, 4) is 0 Å². The van der Waals surface area contributed by atoms with Crippen molar-refractivity contribution >= 4 is 11.6 Å². The van der Waals surface area contributed by atoms with E-state index < -0.39 is 0 Å². The molecule has 3 unspecified atom stereocenters. The fourth-order valence-electron chi connectivity index (χ4n) is 2.81. The molecule has 0 saturated carbocycles. The van der Waals surface area contributed by atoms with Crippen molar-refractivity contribution in [2.45, 2.75) is 45.3 Å². The lowest BCUT2D eigenvalue weighted by atomic mass is 9.92. The highest BCUT2D eigenvalue weighted by molar-refractivity contribution is 6.31. The third kappa shape index (κ3) is 3.72. The predicted molar refractivity (Wildman–Crippen MR) is 80.7 cm³/mol. The van der Waals surface area contributed by atoms with Crippen LogP contribution in [0.25, 0.3) is 0 Å². The minimum atomic E-state index is -0.348. The Hall–Kier alpha value is -0.640. The first kappa shape index (κ1) is 15.7. The quantitative estimate of drug-likeness (QED) is 0.862. The number of hydrogen-bond acceptors (Lipinski definition) is 2.